The molecule has 1 saturated heterocycles. The summed E-state index contributed by atoms with van der Waals surface area (Å²) in [7, 11) is 0. The first kappa shape index (κ1) is 16.3. The maximum absolute atomic E-state index is 6.28. The Morgan fingerprint density at radius 1 is 1.15 bits per heavy atom. The molecule has 1 aliphatic heterocycles. The average molecular weight is 280 g/mol. The quantitative estimate of drug-likeness (QED) is 0.837. The highest BCUT2D eigenvalue weighted by atomic mass is 15.3. The Balaban J connectivity index is 2.09. The number of hydrogen-bond acceptors (Lipinski definition) is 2. The third-order valence-corrected chi connectivity index (χ3v) is 6.79. The summed E-state index contributed by atoms with van der Waals surface area (Å²) in [6.07, 6.45) is 9.32. The average Bonchev–Trinajstić information content (AvgIpc) is 2.79. The highest BCUT2D eigenvalue weighted by molar-refractivity contribution is 5.04. The fourth-order valence-corrected chi connectivity index (χ4v) is 4.80. The Morgan fingerprint density at radius 3 is 2.15 bits per heavy atom. The van der Waals surface area contributed by atoms with E-state index in [4.69, 9.17) is 5.73 Å². The van der Waals surface area contributed by atoms with Crippen molar-refractivity contribution in [3.63, 3.8) is 0 Å². The molecule has 2 nitrogen and oxygen atoms in total. The van der Waals surface area contributed by atoms with Crippen LogP contribution in [0.3, 0.4) is 0 Å². The van der Waals surface area contributed by atoms with Crippen LogP contribution in [-0.4, -0.2) is 29.1 Å². The fourth-order valence-electron chi connectivity index (χ4n) is 4.80. The molecule has 0 radical (unpaired) electrons. The summed E-state index contributed by atoms with van der Waals surface area (Å²) >= 11 is 0. The van der Waals surface area contributed by atoms with Gasteiger partial charge in [0.25, 0.3) is 0 Å². The van der Waals surface area contributed by atoms with Crippen molar-refractivity contribution in [2.24, 2.45) is 17.1 Å². The first-order valence-corrected chi connectivity index (χ1v) is 8.75. The second-order valence-corrected chi connectivity index (χ2v) is 8.61. The molecular formula is C18H36N2. The summed E-state index contributed by atoms with van der Waals surface area (Å²) in [6, 6.07) is 0. The van der Waals surface area contributed by atoms with Gasteiger partial charge in [-0.1, -0.05) is 27.2 Å². The van der Waals surface area contributed by atoms with Crippen LogP contribution in [-0.2, 0) is 0 Å². The molecule has 1 aliphatic carbocycles. The van der Waals surface area contributed by atoms with E-state index in [-0.39, 0.29) is 0 Å². The van der Waals surface area contributed by atoms with Gasteiger partial charge in [-0.15, -0.1) is 0 Å². The molecule has 2 fully saturated rings. The molecule has 0 unspecified atom stereocenters. The van der Waals surface area contributed by atoms with Crippen LogP contribution in [0.1, 0.15) is 79.6 Å². The SMILES string of the molecule is CCC(C)(C)C1CCC(CN)(N2CCCC2(C)C)CC1. The molecule has 0 aromatic heterocycles. The van der Waals surface area contributed by atoms with E-state index in [2.05, 4.69) is 39.5 Å². The van der Waals surface area contributed by atoms with Crippen molar-refractivity contribution >= 4 is 0 Å². The van der Waals surface area contributed by atoms with Crippen LogP contribution in [0.2, 0.25) is 0 Å². The normalized spacial score (nSPS) is 35.4. The van der Waals surface area contributed by atoms with E-state index in [1.54, 1.807) is 0 Å². The van der Waals surface area contributed by atoms with Crippen LogP contribution in [0, 0.1) is 11.3 Å². The molecule has 0 amide bonds. The second kappa shape index (κ2) is 5.61. The van der Waals surface area contributed by atoms with E-state index < -0.39 is 0 Å². The van der Waals surface area contributed by atoms with Crippen molar-refractivity contribution in [3.05, 3.63) is 0 Å². The molecular weight excluding hydrogens is 244 g/mol. The van der Waals surface area contributed by atoms with Crippen LogP contribution < -0.4 is 5.73 Å². The largest absolute Gasteiger partial charge is 0.329 e. The van der Waals surface area contributed by atoms with E-state index >= 15 is 0 Å². The second-order valence-electron chi connectivity index (χ2n) is 8.61. The first-order valence-electron chi connectivity index (χ1n) is 8.75. The highest BCUT2D eigenvalue weighted by Crippen LogP contribution is 2.48. The first-order chi connectivity index (χ1) is 9.27. The van der Waals surface area contributed by atoms with Crippen LogP contribution >= 0.6 is 0 Å². The fraction of sp³-hybridized carbons (Fsp3) is 1.00. The summed E-state index contributed by atoms with van der Waals surface area (Å²) in [4.78, 5) is 2.77. The van der Waals surface area contributed by atoms with Gasteiger partial charge in [0.2, 0.25) is 0 Å². The summed E-state index contributed by atoms with van der Waals surface area (Å²) in [5.74, 6) is 0.887. The Kier molecular flexibility index (Phi) is 4.57. The number of rotatable bonds is 4. The smallest absolute Gasteiger partial charge is 0.0337 e. The third-order valence-electron chi connectivity index (χ3n) is 6.79. The van der Waals surface area contributed by atoms with Crippen LogP contribution in [0.15, 0.2) is 0 Å². The molecule has 20 heavy (non-hydrogen) atoms. The van der Waals surface area contributed by atoms with E-state index in [1.807, 2.05) is 0 Å². The van der Waals surface area contributed by atoms with Crippen molar-refractivity contribution in [1.29, 1.82) is 0 Å². The molecule has 2 rings (SSSR count). The topological polar surface area (TPSA) is 29.3 Å². The van der Waals surface area contributed by atoms with E-state index in [9.17, 15) is 0 Å². The van der Waals surface area contributed by atoms with Crippen LogP contribution in [0.25, 0.3) is 0 Å². The van der Waals surface area contributed by atoms with Crippen molar-refractivity contribution in [3.8, 4) is 0 Å². The molecule has 1 heterocycles. The lowest BCUT2D eigenvalue weighted by Crippen LogP contribution is -2.60. The van der Waals surface area contributed by atoms with Gasteiger partial charge < -0.3 is 5.73 Å². The van der Waals surface area contributed by atoms with Crippen LogP contribution in [0.5, 0.6) is 0 Å². The lowest BCUT2D eigenvalue weighted by atomic mass is 9.64. The van der Waals surface area contributed by atoms with Gasteiger partial charge in [0.05, 0.1) is 0 Å². The minimum Gasteiger partial charge on any atom is -0.329 e. The predicted molar refractivity (Wildman–Crippen MR) is 87.8 cm³/mol. The van der Waals surface area contributed by atoms with Gasteiger partial charge in [-0.3, -0.25) is 4.90 Å². The van der Waals surface area contributed by atoms with E-state index in [0.29, 0.717) is 16.5 Å². The zero-order chi connectivity index (χ0) is 15.0. The van der Waals surface area contributed by atoms with Crippen molar-refractivity contribution in [2.45, 2.75) is 90.6 Å². The summed E-state index contributed by atoms with van der Waals surface area (Å²) < 4.78 is 0. The molecule has 0 aromatic carbocycles. The van der Waals surface area contributed by atoms with Crippen molar-refractivity contribution in [1.82, 2.24) is 4.90 Å². The number of likely N-dealkylation sites (tertiary alicyclic amines) is 1. The molecule has 118 valence electrons. The minimum absolute atomic E-state index is 0.292. The summed E-state index contributed by atoms with van der Waals surface area (Å²) in [6.45, 7) is 14.2. The predicted octanol–water partition coefficient (Wildman–Crippen LogP) is 4.18. The molecule has 1 saturated carbocycles. The van der Waals surface area contributed by atoms with Gasteiger partial charge in [0.1, 0.15) is 0 Å². The summed E-state index contributed by atoms with van der Waals surface area (Å²) in [5, 5.41) is 0. The Labute approximate surface area is 126 Å². The van der Waals surface area contributed by atoms with E-state index in [1.165, 1.54) is 51.5 Å². The zero-order valence-corrected chi connectivity index (χ0v) is 14.5. The minimum atomic E-state index is 0.292. The number of hydrogen-bond donors (Lipinski definition) is 1. The standard InChI is InChI=1S/C18H36N2/c1-6-16(2,3)15-8-11-18(14-19,12-9-15)20-13-7-10-17(20,4)5/h15H,6-14,19H2,1-5H3. The molecule has 0 atom stereocenters. The zero-order valence-electron chi connectivity index (χ0n) is 14.5. The molecule has 0 bridgehead atoms. The molecule has 2 heteroatoms. The lowest BCUT2D eigenvalue weighted by Gasteiger charge is -2.53. The highest BCUT2D eigenvalue weighted by Gasteiger charge is 2.48. The van der Waals surface area contributed by atoms with Gasteiger partial charge in [-0.2, -0.15) is 0 Å². The third kappa shape index (κ3) is 2.78. The summed E-state index contributed by atoms with van der Waals surface area (Å²) in [5.41, 5.74) is 7.43. The lowest BCUT2D eigenvalue weighted by molar-refractivity contribution is -0.0182. The molecule has 0 aromatic rings. The monoisotopic (exact) mass is 280 g/mol. The van der Waals surface area contributed by atoms with Gasteiger partial charge in [0.15, 0.2) is 0 Å². The van der Waals surface area contributed by atoms with Crippen LogP contribution in [0.4, 0.5) is 0 Å². The maximum Gasteiger partial charge on any atom is 0.0337 e. The Bertz CT molecular complexity index is 324. The Hall–Kier alpha value is -0.0800. The molecule has 0 spiro atoms. The van der Waals surface area contributed by atoms with Crippen molar-refractivity contribution < 1.29 is 0 Å². The van der Waals surface area contributed by atoms with Gasteiger partial charge >= 0.3 is 0 Å². The van der Waals surface area contributed by atoms with Gasteiger partial charge in [-0.25, -0.2) is 0 Å². The molecule has 2 aliphatic rings. The van der Waals surface area contributed by atoms with Crippen molar-refractivity contribution in [2.75, 3.05) is 13.1 Å². The maximum atomic E-state index is 6.28. The number of nitrogens with two attached hydrogens (primary N) is 1. The van der Waals surface area contributed by atoms with Gasteiger partial charge in [0, 0.05) is 17.6 Å². The molecule has 2 N–H and O–H groups in total. The number of nitrogens with zero attached hydrogens (tertiary/aromatic N) is 1. The Morgan fingerprint density at radius 2 is 1.75 bits per heavy atom. The van der Waals surface area contributed by atoms with E-state index in [0.717, 1.165) is 12.5 Å². The van der Waals surface area contributed by atoms with Gasteiger partial charge in [-0.05, 0) is 70.3 Å².